The molecule has 1 N–H and O–H groups in total. The topological polar surface area (TPSA) is 127 Å². The van der Waals surface area contributed by atoms with Crippen LogP contribution in [0.3, 0.4) is 0 Å². The predicted molar refractivity (Wildman–Crippen MR) is 157 cm³/mol. The van der Waals surface area contributed by atoms with Gasteiger partial charge in [0.15, 0.2) is 24.6 Å². The first kappa shape index (κ1) is 29.0. The summed E-state index contributed by atoms with van der Waals surface area (Å²) in [6, 6.07) is 8.86. The first-order valence-corrected chi connectivity index (χ1v) is 17.7. The van der Waals surface area contributed by atoms with Gasteiger partial charge in [0.25, 0.3) is 10.0 Å². The van der Waals surface area contributed by atoms with Gasteiger partial charge in [-0.05, 0) is 54.0 Å². The molecular formula is C28H36N4O7SSi. The van der Waals surface area contributed by atoms with Crippen molar-refractivity contribution in [3.05, 3.63) is 53.9 Å². The largest absolute Gasteiger partial charge is 0.496 e. The Morgan fingerprint density at radius 1 is 1.15 bits per heavy atom. The van der Waals surface area contributed by atoms with Gasteiger partial charge in [0, 0.05) is 24.4 Å². The van der Waals surface area contributed by atoms with Crippen LogP contribution in [0.5, 0.6) is 17.2 Å². The first-order valence-electron chi connectivity index (χ1n) is 13.3. The summed E-state index contributed by atoms with van der Waals surface area (Å²) in [6.07, 6.45) is 3.85. The van der Waals surface area contributed by atoms with Crippen LogP contribution in [0.4, 0.5) is 5.82 Å². The minimum Gasteiger partial charge on any atom is -0.496 e. The molecule has 3 heterocycles. The minimum atomic E-state index is -4.27. The highest BCUT2D eigenvalue weighted by atomic mass is 32.2. The SMILES string of the molecule is COc1ccc2c(c1S(=O)(=O)Nc1noc3cc(Cn4cccn4)cc(OC)c13)OCCC2O[Si](C)(C)C(C)(C)C. The lowest BCUT2D eigenvalue weighted by Crippen LogP contribution is -2.42. The Bertz CT molecular complexity index is 1660. The summed E-state index contributed by atoms with van der Waals surface area (Å²) in [5.41, 5.74) is 1.89. The molecule has 1 unspecified atom stereocenters. The molecule has 4 aromatic rings. The van der Waals surface area contributed by atoms with Gasteiger partial charge in [0.2, 0.25) is 0 Å². The Hall–Kier alpha value is -3.55. The number of ether oxygens (including phenoxy) is 3. The fourth-order valence-electron chi connectivity index (χ4n) is 4.63. The number of nitrogens with zero attached hydrogens (tertiary/aromatic N) is 3. The third kappa shape index (κ3) is 5.53. The van der Waals surface area contributed by atoms with Crippen LogP contribution >= 0.6 is 0 Å². The summed E-state index contributed by atoms with van der Waals surface area (Å²) in [5.74, 6) is 0.760. The van der Waals surface area contributed by atoms with Crippen molar-refractivity contribution < 1.29 is 31.6 Å². The van der Waals surface area contributed by atoms with Crippen molar-refractivity contribution in [2.24, 2.45) is 0 Å². The number of benzene rings is 2. The second kappa shape index (κ2) is 10.7. The number of sulfonamides is 1. The number of hydrogen-bond donors (Lipinski definition) is 1. The third-order valence-electron chi connectivity index (χ3n) is 7.76. The average molecular weight is 601 g/mol. The zero-order chi connectivity index (χ0) is 29.6. The molecule has 0 fully saturated rings. The predicted octanol–water partition coefficient (Wildman–Crippen LogP) is 5.74. The number of hydrogen-bond acceptors (Lipinski definition) is 9. The number of nitrogens with one attached hydrogen (secondary N) is 1. The van der Waals surface area contributed by atoms with Crippen LogP contribution in [0.2, 0.25) is 18.1 Å². The van der Waals surface area contributed by atoms with E-state index in [-0.39, 0.29) is 33.4 Å². The number of fused-ring (bicyclic) bond motifs is 2. The van der Waals surface area contributed by atoms with Gasteiger partial charge < -0.3 is 23.2 Å². The number of aromatic nitrogens is 3. The summed E-state index contributed by atoms with van der Waals surface area (Å²) >= 11 is 0. The zero-order valence-corrected chi connectivity index (χ0v) is 26.2. The average Bonchev–Trinajstić information content (AvgIpc) is 3.56. The van der Waals surface area contributed by atoms with E-state index in [4.69, 9.17) is 23.2 Å². The Balaban J connectivity index is 1.53. The Morgan fingerprint density at radius 3 is 2.56 bits per heavy atom. The summed E-state index contributed by atoms with van der Waals surface area (Å²) in [6.45, 7) is 11.6. The molecule has 0 bridgehead atoms. The molecule has 0 amide bonds. The smallest absolute Gasteiger partial charge is 0.270 e. The van der Waals surface area contributed by atoms with E-state index in [2.05, 4.69) is 48.8 Å². The van der Waals surface area contributed by atoms with Crippen LogP contribution in [0.1, 0.15) is 44.4 Å². The minimum absolute atomic E-state index is 0.00738. The lowest BCUT2D eigenvalue weighted by atomic mass is 10.0. The summed E-state index contributed by atoms with van der Waals surface area (Å²) in [7, 11) is -3.50. The second-order valence-electron chi connectivity index (χ2n) is 11.5. The van der Waals surface area contributed by atoms with Gasteiger partial charge in [-0.1, -0.05) is 25.9 Å². The fraction of sp³-hybridized carbons (Fsp3) is 0.429. The molecule has 1 aliphatic rings. The van der Waals surface area contributed by atoms with Crippen molar-refractivity contribution in [3.8, 4) is 17.2 Å². The zero-order valence-electron chi connectivity index (χ0n) is 24.3. The molecule has 2 aromatic carbocycles. The third-order valence-corrected chi connectivity index (χ3v) is 13.6. The van der Waals surface area contributed by atoms with Crippen LogP contribution in [-0.2, 0) is 21.0 Å². The molecule has 1 aliphatic heterocycles. The number of methoxy groups -OCH3 is 2. The molecular weight excluding hydrogens is 564 g/mol. The lowest BCUT2D eigenvalue weighted by Gasteiger charge is -2.41. The maximum absolute atomic E-state index is 14.0. The van der Waals surface area contributed by atoms with Crippen molar-refractivity contribution in [2.45, 2.75) is 62.9 Å². The highest BCUT2D eigenvalue weighted by Crippen LogP contribution is 2.48. The highest BCUT2D eigenvalue weighted by Gasteiger charge is 2.42. The highest BCUT2D eigenvalue weighted by molar-refractivity contribution is 7.93. The van der Waals surface area contributed by atoms with Crippen molar-refractivity contribution in [3.63, 3.8) is 0 Å². The lowest BCUT2D eigenvalue weighted by molar-refractivity contribution is 0.119. The molecule has 13 heteroatoms. The van der Waals surface area contributed by atoms with Gasteiger partial charge in [-0.3, -0.25) is 9.40 Å². The van der Waals surface area contributed by atoms with Crippen LogP contribution in [0, 0.1) is 0 Å². The number of anilines is 1. The molecule has 220 valence electrons. The van der Waals surface area contributed by atoms with E-state index < -0.39 is 18.3 Å². The van der Waals surface area contributed by atoms with E-state index in [0.29, 0.717) is 41.9 Å². The molecule has 0 radical (unpaired) electrons. The fourth-order valence-corrected chi connectivity index (χ4v) is 7.27. The maximum Gasteiger partial charge on any atom is 0.270 e. The van der Waals surface area contributed by atoms with Crippen LogP contribution in [0.15, 0.2) is 52.1 Å². The van der Waals surface area contributed by atoms with Crippen LogP contribution < -0.4 is 18.9 Å². The quantitative estimate of drug-likeness (QED) is 0.239. The Kier molecular flexibility index (Phi) is 7.55. The van der Waals surface area contributed by atoms with Gasteiger partial charge in [-0.2, -0.15) is 5.10 Å². The van der Waals surface area contributed by atoms with E-state index >= 15 is 0 Å². The van der Waals surface area contributed by atoms with Gasteiger partial charge in [0.1, 0.15) is 22.6 Å². The van der Waals surface area contributed by atoms with E-state index in [9.17, 15) is 8.42 Å². The Morgan fingerprint density at radius 2 is 1.90 bits per heavy atom. The molecule has 0 saturated heterocycles. The van der Waals surface area contributed by atoms with Crippen LogP contribution in [-0.4, -0.2) is 52.5 Å². The molecule has 0 aliphatic carbocycles. The van der Waals surface area contributed by atoms with Crippen LogP contribution in [0.25, 0.3) is 11.0 Å². The molecule has 5 rings (SSSR count). The molecule has 41 heavy (non-hydrogen) atoms. The monoisotopic (exact) mass is 600 g/mol. The summed E-state index contributed by atoms with van der Waals surface area (Å²) < 4.78 is 61.7. The van der Waals surface area contributed by atoms with E-state index in [1.165, 1.54) is 14.2 Å². The van der Waals surface area contributed by atoms with Gasteiger partial charge >= 0.3 is 0 Å². The molecule has 11 nitrogen and oxygen atoms in total. The van der Waals surface area contributed by atoms with Crippen molar-refractivity contribution in [1.82, 2.24) is 14.9 Å². The second-order valence-corrected chi connectivity index (χ2v) is 17.9. The van der Waals surface area contributed by atoms with Crippen molar-refractivity contribution in [2.75, 3.05) is 25.5 Å². The Labute approximate surface area is 240 Å². The van der Waals surface area contributed by atoms with Gasteiger partial charge in [-0.15, -0.1) is 0 Å². The maximum atomic E-state index is 14.0. The summed E-state index contributed by atoms with van der Waals surface area (Å²) in [4.78, 5) is -0.119. The number of rotatable bonds is 9. The molecule has 1 atom stereocenters. The van der Waals surface area contributed by atoms with E-state index in [1.54, 1.807) is 29.1 Å². The molecule has 2 aromatic heterocycles. The van der Waals surface area contributed by atoms with Crippen molar-refractivity contribution >= 4 is 35.1 Å². The van der Waals surface area contributed by atoms with E-state index in [0.717, 1.165) is 5.56 Å². The first-order chi connectivity index (χ1) is 19.3. The standard InChI is InChI=1S/C28H36N4O7SSi/c1-28(2,3)41(6,7)39-20-11-14-37-25-19(20)9-10-21(35-4)26(25)40(33,34)31-27-24-22(36-5)15-18(16-23(24)38-30-27)17-32-13-8-12-29-32/h8-10,12-13,15-16,20H,11,14,17H2,1-7H3,(H,30,31). The normalized spacial score (nSPS) is 15.8. The summed E-state index contributed by atoms with van der Waals surface area (Å²) in [5, 5.41) is 8.65. The molecule has 0 spiro atoms. The van der Waals surface area contributed by atoms with Gasteiger partial charge in [-0.25, -0.2) is 8.42 Å². The van der Waals surface area contributed by atoms with Crippen molar-refractivity contribution in [1.29, 1.82) is 0 Å². The molecule has 0 saturated carbocycles. The van der Waals surface area contributed by atoms with Gasteiger partial charge in [0.05, 0.1) is 33.5 Å². The van der Waals surface area contributed by atoms with E-state index in [1.807, 2.05) is 18.3 Å².